The molecule has 0 bridgehead atoms. The Bertz CT molecular complexity index is 498. The molecular weight excluding hydrogens is 287 g/mol. The maximum Gasteiger partial charge on any atom is 0.416 e. The summed E-state index contributed by atoms with van der Waals surface area (Å²) >= 11 is 0. The van der Waals surface area contributed by atoms with E-state index in [1.807, 2.05) is 0 Å². The van der Waals surface area contributed by atoms with E-state index in [0.29, 0.717) is 10.6 Å². The lowest BCUT2D eigenvalue weighted by Gasteiger charge is -2.27. The summed E-state index contributed by atoms with van der Waals surface area (Å²) in [6.45, 7) is 3.26. The molecule has 0 aliphatic carbocycles. The standard InChI is InChI=1S/C13H18F3N3O2/c1-12(2,3)21-11(20)19(8-13(14,15)16)10-7-9(17-4)5-6-18-10/h5-7H,8H2,1-4H3,(H,17,18). The quantitative estimate of drug-likeness (QED) is 0.929. The van der Waals surface area contributed by atoms with E-state index in [0.717, 1.165) is 0 Å². The number of halogens is 3. The number of hydrogen-bond acceptors (Lipinski definition) is 4. The van der Waals surface area contributed by atoms with Crippen LogP contribution in [0.5, 0.6) is 0 Å². The van der Waals surface area contributed by atoms with Crippen molar-refractivity contribution in [3.05, 3.63) is 18.3 Å². The van der Waals surface area contributed by atoms with Gasteiger partial charge in [-0.1, -0.05) is 0 Å². The molecule has 1 N–H and O–H groups in total. The van der Waals surface area contributed by atoms with Gasteiger partial charge in [0.05, 0.1) is 0 Å². The summed E-state index contributed by atoms with van der Waals surface area (Å²) in [6.07, 6.45) is -4.34. The first-order chi connectivity index (χ1) is 9.52. The number of nitrogens with zero attached hydrogens (tertiary/aromatic N) is 2. The highest BCUT2D eigenvalue weighted by Crippen LogP contribution is 2.24. The summed E-state index contributed by atoms with van der Waals surface area (Å²) in [5.41, 5.74) is -0.364. The number of rotatable bonds is 3. The Labute approximate surface area is 121 Å². The highest BCUT2D eigenvalue weighted by molar-refractivity contribution is 5.87. The second-order valence-corrected chi connectivity index (χ2v) is 5.33. The predicted octanol–water partition coefficient (Wildman–Crippen LogP) is 3.43. The van der Waals surface area contributed by atoms with E-state index >= 15 is 0 Å². The van der Waals surface area contributed by atoms with E-state index in [1.54, 1.807) is 33.9 Å². The predicted molar refractivity (Wildman–Crippen MR) is 73.4 cm³/mol. The SMILES string of the molecule is CNc1ccnc(N(CC(F)(F)F)C(=O)OC(C)(C)C)c1. The number of pyridine rings is 1. The second-order valence-electron chi connectivity index (χ2n) is 5.33. The molecule has 0 aromatic carbocycles. The van der Waals surface area contributed by atoms with Crippen molar-refractivity contribution in [3.8, 4) is 0 Å². The van der Waals surface area contributed by atoms with Crippen molar-refractivity contribution in [1.29, 1.82) is 0 Å². The normalized spacial score (nSPS) is 12.0. The van der Waals surface area contributed by atoms with Gasteiger partial charge in [0.2, 0.25) is 0 Å². The summed E-state index contributed by atoms with van der Waals surface area (Å²) in [5.74, 6) is -0.131. The molecule has 0 fully saturated rings. The van der Waals surface area contributed by atoms with Crippen molar-refractivity contribution in [2.45, 2.75) is 32.5 Å². The number of ether oxygens (including phenoxy) is 1. The molecule has 1 aromatic heterocycles. The van der Waals surface area contributed by atoms with Crippen LogP contribution >= 0.6 is 0 Å². The largest absolute Gasteiger partial charge is 0.443 e. The zero-order chi connectivity index (χ0) is 16.3. The van der Waals surface area contributed by atoms with Gasteiger partial charge in [0.25, 0.3) is 0 Å². The molecule has 0 radical (unpaired) electrons. The zero-order valence-electron chi connectivity index (χ0n) is 12.3. The highest BCUT2D eigenvalue weighted by Gasteiger charge is 2.36. The van der Waals surface area contributed by atoms with Crippen molar-refractivity contribution in [2.75, 3.05) is 23.8 Å². The maximum atomic E-state index is 12.7. The van der Waals surface area contributed by atoms with Crippen LogP contribution in [0, 0.1) is 0 Å². The van der Waals surface area contributed by atoms with Gasteiger partial charge < -0.3 is 10.1 Å². The van der Waals surface area contributed by atoms with Crippen molar-refractivity contribution in [3.63, 3.8) is 0 Å². The van der Waals surface area contributed by atoms with Crippen LogP contribution in [0.3, 0.4) is 0 Å². The van der Waals surface area contributed by atoms with Gasteiger partial charge in [-0.2, -0.15) is 13.2 Å². The number of nitrogens with one attached hydrogen (secondary N) is 1. The minimum atomic E-state index is -4.56. The fraction of sp³-hybridized carbons (Fsp3) is 0.538. The van der Waals surface area contributed by atoms with Crippen LogP contribution in [0.25, 0.3) is 0 Å². The molecular formula is C13H18F3N3O2. The van der Waals surface area contributed by atoms with Crippen molar-refractivity contribution < 1.29 is 22.7 Å². The Balaban J connectivity index is 3.09. The Morgan fingerprint density at radius 1 is 1.38 bits per heavy atom. The smallest absolute Gasteiger partial charge is 0.416 e. The van der Waals surface area contributed by atoms with Gasteiger partial charge >= 0.3 is 12.3 Å². The summed E-state index contributed by atoms with van der Waals surface area (Å²) in [6, 6.07) is 2.92. The van der Waals surface area contributed by atoms with E-state index in [-0.39, 0.29) is 5.82 Å². The van der Waals surface area contributed by atoms with Crippen LogP contribution < -0.4 is 10.2 Å². The number of anilines is 2. The summed E-state index contributed by atoms with van der Waals surface area (Å²) in [7, 11) is 1.61. The minimum absolute atomic E-state index is 0.131. The Kier molecular flexibility index (Phi) is 5.03. The average molecular weight is 305 g/mol. The van der Waals surface area contributed by atoms with Gasteiger partial charge in [0.1, 0.15) is 18.0 Å². The maximum absolute atomic E-state index is 12.7. The molecule has 0 unspecified atom stereocenters. The lowest BCUT2D eigenvalue weighted by Crippen LogP contribution is -2.42. The van der Waals surface area contributed by atoms with Crippen LogP contribution in [0.4, 0.5) is 29.5 Å². The Morgan fingerprint density at radius 3 is 2.48 bits per heavy atom. The first-order valence-corrected chi connectivity index (χ1v) is 6.23. The fourth-order valence-corrected chi connectivity index (χ4v) is 1.46. The van der Waals surface area contributed by atoms with Crippen LogP contribution in [-0.4, -0.2) is 36.4 Å². The van der Waals surface area contributed by atoms with Gasteiger partial charge in [-0.3, -0.25) is 4.90 Å². The summed E-state index contributed by atoms with van der Waals surface area (Å²) < 4.78 is 43.0. The van der Waals surface area contributed by atoms with Crippen molar-refractivity contribution >= 4 is 17.6 Å². The van der Waals surface area contributed by atoms with Gasteiger partial charge in [-0.15, -0.1) is 0 Å². The van der Waals surface area contributed by atoms with E-state index < -0.39 is 24.4 Å². The van der Waals surface area contributed by atoms with Crippen molar-refractivity contribution in [1.82, 2.24) is 4.98 Å². The van der Waals surface area contributed by atoms with E-state index in [4.69, 9.17) is 4.74 Å². The van der Waals surface area contributed by atoms with E-state index in [2.05, 4.69) is 10.3 Å². The zero-order valence-corrected chi connectivity index (χ0v) is 12.3. The number of amides is 1. The number of carbonyl (C=O) groups is 1. The highest BCUT2D eigenvalue weighted by atomic mass is 19.4. The number of carbonyl (C=O) groups excluding carboxylic acids is 1. The molecule has 0 saturated heterocycles. The first-order valence-electron chi connectivity index (χ1n) is 6.23. The Hall–Kier alpha value is -1.99. The molecule has 21 heavy (non-hydrogen) atoms. The van der Waals surface area contributed by atoms with Gasteiger partial charge in [0.15, 0.2) is 0 Å². The van der Waals surface area contributed by atoms with Crippen LogP contribution in [0.1, 0.15) is 20.8 Å². The number of alkyl halides is 3. The molecule has 0 saturated carbocycles. The van der Waals surface area contributed by atoms with E-state index in [1.165, 1.54) is 12.3 Å². The molecule has 0 aliphatic rings. The molecule has 0 aliphatic heterocycles. The second kappa shape index (κ2) is 6.19. The monoisotopic (exact) mass is 305 g/mol. The lowest BCUT2D eigenvalue weighted by molar-refractivity contribution is -0.119. The third-order valence-corrected chi connectivity index (χ3v) is 2.26. The van der Waals surface area contributed by atoms with E-state index in [9.17, 15) is 18.0 Å². The fourth-order valence-electron chi connectivity index (χ4n) is 1.46. The Morgan fingerprint density at radius 2 is 2.00 bits per heavy atom. The van der Waals surface area contributed by atoms with Gasteiger partial charge in [0, 0.05) is 25.0 Å². The van der Waals surface area contributed by atoms with Gasteiger partial charge in [-0.05, 0) is 26.8 Å². The molecule has 1 rings (SSSR count). The summed E-state index contributed by atoms with van der Waals surface area (Å²) in [5, 5.41) is 2.77. The average Bonchev–Trinajstić information content (AvgIpc) is 2.33. The van der Waals surface area contributed by atoms with Crippen LogP contribution in [0.15, 0.2) is 18.3 Å². The molecule has 118 valence electrons. The molecule has 5 nitrogen and oxygen atoms in total. The van der Waals surface area contributed by atoms with Crippen LogP contribution in [-0.2, 0) is 4.74 Å². The third kappa shape index (κ3) is 5.88. The molecule has 1 aromatic rings. The lowest BCUT2D eigenvalue weighted by atomic mass is 10.2. The topological polar surface area (TPSA) is 54.5 Å². The van der Waals surface area contributed by atoms with Gasteiger partial charge in [-0.25, -0.2) is 9.78 Å². The molecule has 1 heterocycles. The molecule has 0 spiro atoms. The molecule has 8 heteroatoms. The number of aromatic nitrogens is 1. The molecule has 0 atom stereocenters. The van der Waals surface area contributed by atoms with Crippen molar-refractivity contribution in [2.24, 2.45) is 0 Å². The summed E-state index contributed by atoms with van der Waals surface area (Å²) in [4.78, 5) is 16.3. The van der Waals surface area contributed by atoms with Crippen LogP contribution in [0.2, 0.25) is 0 Å². The minimum Gasteiger partial charge on any atom is -0.443 e. The third-order valence-electron chi connectivity index (χ3n) is 2.26. The number of hydrogen-bond donors (Lipinski definition) is 1. The first kappa shape index (κ1) is 17.1. The molecule has 1 amide bonds.